The van der Waals surface area contributed by atoms with E-state index in [9.17, 15) is 31.1 Å². The summed E-state index contributed by atoms with van der Waals surface area (Å²) in [7, 11) is 0. The third kappa shape index (κ3) is 5.04. The van der Waals surface area contributed by atoms with Gasteiger partial charge >= 0.3 is 12.4 Å². The molecule has 0 fully saturated rings. The minimum absolute atomic E-state index is 0.290. The summed E-state index contributed by atoms with van der Waals surface area (Å²) in [5.41, 5.74) is -2.05. The van der Waals surface area contributed by atoms with Gasteiger partial charge in [-0.1, -0.05) is 25.5 Å². The first-order chi connectivity index (χ1) is 14.5. The maximum Gasteiger partial charge on any atom is 0.434 e. The molecule has 0 saturated carbocycles. The van der Waals surface area contributed by atoms with Crippen molar-refractivity contribution in [2.45, 2.75) is 32.1 Å². The van der Waals surface area contributed by atoms with Crippen molar-refractivity contribution < 1.29 is 31.1 Å². The zero-order valence-corrected chi connectivity index (χ0v) is 16.1. The average molecular weight is 442 g/mol. The van der Waals surface area contributed by atoms with E-state index in [0.29, 0.717) is 28.8 Å². The first-order valence-corrected chi connectivity index (χ1v) is 9.10. The number of pyridine rings is 1. The molecule has 2 heterocycles. The number of halogens is 6. The summed E-state index contributed by atoms with van der Waals surface area (Å²) in [5, 5.41) is 5.91. The van der Waals surface area contributed by atoms with Crippen LogP contribution in [0.5, 0.6) is 0 Å². The summed E-state index contributed by atoms with van der Waals surface area (Å²) >= 11 is 0. The van der Waals surface area contributed by atoms with Crippen molar-refractivity contribution in [1.29, 1.82) is 0 Å². The van der Waals surface area contributed by atoms with Crippen LogP contribution in [0.15, 0.2) is 48.8 Å². The predicted molar refractivity (Wildman–Crippen MR) is 99.8 cm³/mol. The number of hydrogen-bond donors (Lipinski definition) is 1. The number of hydrogen-bond acceptors (Lipinski definition) is 3. The number of amides is 1. The fraction of sp³-hybridized carbons (Fsp3) is 0.250. The molecule has 0 radical (unpaired) electrons. The Morgan fingerprint density at radius 1 is 0.968 bits per heavy atom. The smallest absolute Gasteiger partial charge is 0.322 e. The summed E-state index contributed by atoms with van der Waals surface area (Å²) in [4.78, 5) is 15.9. The minimum Gasteiger partial charge on any atom is -0.322 e. The maximum absolute atomic E-state index is 13.7. The van der Waals surface area contributed by atoms with Gasteiger partial charge in [0.2, 0.25) is 0 Å². The molecule has 1 amide bonds. The van der Waals surface area contributed by atoms with Crippen molar-refractivity contribution in [3.05, 3.63) is 71.2 Å². The number of nitrogens with zero attached hydrogens (tertiary/aromatic N) is 3. The Labute approximate surface area is 172 Å². The van der Waals surface area contributed by atoms with E-state index in [1.807, 2.05) is 6.92 Å². The van der Waals surface area contributed by atoms with Crippen molar-refractivity contribution in [2.24, 2.45) is 0 Å². The lowest BCUT2D eigenvalue weighted by Gasteiger charge is -2.13. The lowest BCUT2D eigenvalue weighted by atomic mass is 10.1. The van der Waals surface area contributed by atoms with Crippen LogP contribution in [0.2, 0.25) is 0 Å². The van der Waals surface area contributed by atoms with E-state index >= 15 is 0 Å². The number of anilines is 1. The standard InChI is InChI=1S/C20H16F6N4O/c1-2-3-12-4-7-14(8-5-12)29-18(31)15-11-28-30(17(15)20(24,25)26)16-9-6-13(10-27-16)19(21,22)23/h4-11H,2-3H2,1H3,(H,29,31). The molecule has 1 N–H and O–H groups in total. The summed E-state index contributed by atoms with van der Waals surface area (Å²) in [6.07, 6.45) is -6.88. The van der Waals surface area contributed by atoms with Gasteiger partial charge in [-0.05, 0) is 36.2 Å². The topological polar surface area (TPSA) is 59.8 Å². The van der Waals surface area contributed by atoms with Crippen LogP contribution >= 0.6 is 0 Å². The largest absolute Gasteiger partial charge is 0.434 e. The van der Waals surface area contributed by atoms with Crippen molar-refractivity contribution in [1.82, 2.24) is 14.8 Å². The van der Waals surface area contributed by atoms with Crippen LogP contribution in [0.25, 0.3) is 5.82 Å². The second kappa shape index (κ2) is 8.40. The Morgan fingerprint density at radius 2 is 1.65 bits per heavy atom. The van der Waals surface area contributed by atoms with Gasteiger partial charge in [-0.25, -0.2) is 9.67 Å². The molecule has 0 aliphatic heterocycles. The molecule has 0 saturated heterocycles. The minimum atomic E-state index is -5.02. The van der Waals surface area contributed by atoms with E-state index < -0.39 is 40.9 Å². The lowest BCUT2D eigenvalue weighted by molar-refractivity contribution is -0.143. The molecule has 0 aliphatic rings. The van der Waals surface area contributed by atoms with Crippen molar-refractivity contribution >= 4 is 11.6 Å². The molecule has 11 heteroatoms. The van der Waals surface area contributed by atoms with Gasteiger partial charge in [0, 0.05) is 11.9 Å². The molecule has 3 rings (SSSR count). The van der Waals surface area contributed by atoms with Gasteiger partial charge in [0.15, 0.2) is 11.5 Å². The van der Waals surface area contributed by atoms with Crippen LogP contribution in [0, 0.1) is 0 Å². The van der Waals surface area contributed by atoms with Gasteiger partial charge in [0.1, 0.15) is 0 Å². The fourth-order valence-corrected chi connectivity index (χ4v) is 2.88. The van der Waals surface area contributed by atoms with Crippen LogP contribution in [-0.2, 0) is 18.8 Å². The zero-order valence-electron chi connectivity index (χ0n) is 16.1. The Morgan fingerprint density at radius 3 is 2.16 bits per heavy atom. The zero-order chi connectivity index (χ0) is 22.8. The van der Waals surface area contributed by atoms with Gasteiger partial charge in [-0.15, -0.1) is 0 Å². The highest BCUT2D eigenvalue weighted by molar-refractivity contribution is 6.05. The highest BCUT2D eigenvalue weighted by atomic mass is 19.4. The molecule has 0 aliphatic carbocycles. The number of aromatic nitrogens is 3. The first kappa shape index (κ1) is 22.3. The third-order valence-electron chi connectivity index (χ3n) is 4.33. The van der Waals surface area contributed by atoms with Crippen LogP contribution in [0.4, 0.5) is 32.0 Å². The number of carbonyl (C=O) groups is 1. The highest BCUT2D eigenvalue weighted by Crippen LogP contribution is 2.34. The van der Waals surface area contributed by atoms with E-state index in [2.05, 4.69) is 15.4 Å². The predicted octanol–water partition coefficient (Wildman–Crippen LogP) is 5.51. The normalized spacial score (nSPS) is 12.1. The Kier molecular flexibility index (Phi) is 6.05. The number of benzene rings is 1. The van der Waals surface area contributed by atoms with Gasteiger partial charge in [-0.2, -0.15) is 31.4 Å². The molecule has 5 nitrogen and oxygen atoms in total. The number of aryl methyl sites for hydroxylation is 1. The van der Waals surface area contributed by atoms with Gasteiger partial charge < -0.3 is 5.32 Å². The molecule has 2 aromatic heterocycles. The second-order valence-electron chi connectivity index (χ2n) is 6.62. The summed E-state index contributed by atoms with van der Waals surface area (Å²) in [5.74, 6) is -1.57. The van der Waals surface area contributed by atoms with Gasteiger partial charge in [0.25, 0.3) is 5.91 Å². The molecular formula is C20H16F6N4O. The Balaban J connectivity index is 1.93. The molecular weight excluding hydrogens is 426 g/mol. The van der Waals surface area contributed by atoms with E-state index in [1.165, 1.54) is 0 Å². The van der Waals surface area contributed by atoms with Crippen molar-refractivity contribution in [3.8, 4) is 5.82 Å². The summed E-state index contributed by atoms with van der Waals surface area (Å²) in [6, 6.07) is 7.97. The molecule has 3 aromatic rings. The molecule has 0 spiro atoms. The third-order valence-corrected chi connectivity index (χ3v) is 4.33. The summed E-state index contributed by atoms with van der Waals surface area (Å²) < 4.78 is 79.4. The average Bonchev–Trinajstić information content (AvgIpc) is 3.15. The molecule has 0 bridgehead atoms. The molecule has 0 unspecified atom stereocenters. The lowest BCUT2D eigenvalue weighted by Crippen LogP contribution is -2.21. The molecule has 164 valence electrons. The van der Waals surface area contributed by atoms with E-state index in [-0.39, 0.29) is 0 Å². The quantitative estimate of drug-likeness (QED) is 0.530. The number of rotatable bonds is 5. The first-order valence-electron chi connectivity index (χ1n) is 9.10. The fourth-order valence-electron chi connectivity index (χ4n) is 2.88. The van der Waals surface area contributed by atoms with Crippen molar-refractivity contribution in [2.75, 3.05) is 5.32 Å². The number of alkyl halides is 6. The van der Waals surface area contributed by atoms with Crippen LogP contribution in [0.3, 0.4) is 0 Å². The number of carbonyl (C=O) groups excluding carboxylic acids is 1. The maximum atomic E-state index is 13.7. The van der Waals surface area contributed by atoms with Crippen LogP contribution in [0.1, 0.15) is 40.5 Å². The number of nitrogens with one attached hydrogen (secondary N) is 1. The highest BCUT2D eigenvalue weighted by Gasteiger charge is 2.41. The van der Waals surface area contributed by atoms with E-state index in [1.54, 1.807) is 24.3 Å². The SMILES string of the molecule is CCCc1ccc(NC(=O)c2cnn(-c3ccc(C(F)(F)F)cn3)c2C(F)(F)F)cc1. The summed E-state index contributed by atoms with van der Waals surface area (Å²) in [6.45, 7) is 2.00. The molecule has 1 aromatic carbocycles. The molecule has 31 heavy (non-hydrogen) atoms. The van der Waals surface area contributed by atoms with Gasteiger partial charge in [-0.3, -0.25) is 4.79 Å². The Bertz CT molecular complexity index is 1050. The van der Waals surface area contributed by atoms with E-state index in [0.717, 1.165) is 24.5 Å². The van der Waals surface area contributed by atoms with Crippen LogP contribution < -0.4 is 5.32 Å². The molecule has 0 atom stereocenters. The monoisotopic (exact) mass is 442 g/mol. The van der Waals surface area contributed by atoms with Crippen LogP contribution in [-0.4, -0.2) is 20.7 Å². The van der Waals surface area contributed by atoms with E-state index in [4.69, 9.17) is 0 Å². The second-order valence-corrected chi connectivity index (χ2v) is 6.62. The van der Waals surface area contributed by atoms with Crippen molar-refractivity contribution in [3.63, 3.8) is 0 Å². The Hall–Kier alpha value is -3.37. The van der Waals surface area contributed by atoms with Gasteiger partial charge in [0.05, 0.1) is 17.3 Å².